The summed E-state index contributed by atoms with van der Waals surface area (Å²) < 4.78 is 18.7. The molecule has 1 saturated carbocycles. The van der Waals surface area contributed by atoms with Crippen molar-refractivity contribution in [3.63, 3.8) is 0 Å². The molecular weight excluding hydrogens is 247 g/mol. The van der Waals surface area contributed by atoms with Crippen molar-refractivity contribution >= 4 is 5.91 Å². The van der Waals surface area contributed by atoms with Crippen LogP contribution in [0.25, 0.3) is 0 Å². The molecule has 1 amide bonds. The van der Waals surface area contributed by atoms with Gasteiger partial charge < -0.3 is 15.8 Å². The summed E-state index contributed by atoms with van der Waals surface area (Å²) in [4.78, 5) is 11.5. The molecular formula is C14H19FN2O2. The van der Waals surface area contributed by atoms with Crippen LogP contribution in [0.1, 0.15) is 26.2 Å². The number of hydrogen-bond acceptors (Lipinski definition) is 3. The Morgan fingerprint density at radius 3 is 2.79 bits per heavy atom. The second-order valence-corrected chi connectivity index (χ2v) is 5.14. The first-order valence-electron chi connectivity index (χ1n) is 6.46. The van der Waals surface area contributed by atoms with Crippen molar-refractivity contribution in [1.29, 1.82) is 0 Å². The largest absolute Gasteiger partial charge is 0.490 e. The molecule has 2 rings (SSSR count). The number of halogens is 1. The highest BCUT2D eigenvalue weighted by Crippen LogP contribution is 2.24. The van der Waals surface area contributed by atoms with E-state index in [2.05, 4.69) is 5.32 Å². The van der Waals surface area contributed by atoms with Crippen LogP contribution in [0.3, 0.4) is 0 Å². The first kappa shape index (κ1) is 13.8. The topological polar surface area (TPSA) is 64.3 Å². The van der Waals surface area contributed by atoms with Gasteiger partial charge in [-0.05, 0) is 31.9 Å². The number of ether oxygens (including phenoxy) is 1. The molecule has 1 aliphatic carbocycles. The second kappa shape index (κ2) is 5.57. The normalized spacial score (nSPS) is 17.8. The van der Waals surface area contributed by atoms with Gasteiger partial charge in [0.25, 0.3) is 0 Å². The number of amides is 1. The molecule has 0 saturated heterocycles. The maximum absolute atomic E-state index is 13.4. The highest BCUT2D eigenvalue weighted by Gasteiger charge is 2.36. The van der Waals surface area contributed by atoms with Gasteiger partial charge in [-0.15, -0.1) is 0 Å². The Kier molecular flexibility index (Phi) is 4.04. The zero-order valence-electron chi connectivity index (χ0n) is 11.0. The molecule has 0 radical (unpaired) electrons. The third kappa shape index (κ3) is 3.67. The molecule has 3 N–H and O–H groups in total. The fourth-order valence-electron chi connectivity index (χ4n) is 1.87. The summed E-state index contributed by atoms with van der Waals surface area (Å²) in [7, 11) is 0. The standard InChI is InChI=1S/C14H19FN2O2/c1-14(13(16)18,17-10-6-7-10)8-9-19-12-5-3-2-4-11(12)15/h2-5,10,17H,6-9H2,1H3,(H2,16,18). The molecule has 0 spiro atoms. The number of carbonyl (C=O) groups excluding carboxylic acids is 1. The molecule has 0 aromatic heterocycles. The molecule has 1 aromatic carbocycles. The first-order valence-corrected chi connectivity index (χ1v) is 6.46. The zero-order valence-corrected chi connectivity index (χ0v) is 11.0. The fraction of sp³-hybridized carbons (Fsp3) is 0.500. The van der Waals surface area contributed by atoms with Crippen molar-refractivity contribution in [2.75, 3.05) is 6.61 Å². The molecule has 4 nitrogen and oxygen atoms in total. The van der Waals surface area contributed by atoms with Crippen LogP contribution in [-0.2, 0) is 4.79 Å². The lowest BCUT2D eigenvalue weighted by molar-refractivity contribution is -0.124. The molecule has 1 atom stereocenters. The van der Waals surface area contributed by atoms with Crippen LogP contribution >= 0.6 is 0 Å². The molecule has 0 bridgehead atoms. The van der Waals surface area contributed by atoms with Crippen LogP contribution in [0.2, 0.25) is 0 Å². The van der Waals surface area contributed by atoms with Crippen molar-refractivity contribution in [2.24, 2.45) is 5.73 Å². The minimum absolute atomic E-state index is 0.195. The van der Waals surface area contributed by atoms with Gasteiger partial charge >= 0.3 is 0 Å². The van der Waals surface area contributed by atoms with Gasteiger partial charge in [0.2, 0.25) is 5.91 Å². The number of carbonyl (C=O) groups is 1. The number of rotatable bonds is 7. The lowest BCUT2D eigenvalue weighted by Gasteiger charge is -2.27. The summed E-state index contributed by atoms with van der Waals surface area (Å²) in [6.07, 6.45) is 2.54. The average molecular weight is 266 g/mol. The Hall–Kier alpha value is -1.62. The molecule has 1 aromatic rings. The van der Waals surface area contributed by atoms with Crippen LogP contribution in [-0.4, -0.2) is 24.1 Å². The number of para-hydroxylation sites is 1. The fourth-order valence-corrected chi connectivity index (χ4v) is 1.87. The Bertz CT molecular complexity index is 463. The summed E-state index contributed by atoms with van der Waals surface area (Å²) in [6, 6.07) is 6.57. The van der Waals surface area contributed by atoms with Gasteiger partial charge in [0, 0.05) is 12.5 Å². The minimum atomic E-state index is -0.799. The predicted octanol–water partition coefficient (Wildman–Crippen LogP) is 1.59. The van der Waals surface area contributed by atoms with Gasteiger partial charge in [0.05, 0.1) is 12.1 Å². The first-order chi connectivity index (χ1) is 9.01. The van der Waals surface area contributed by atoms with Gasteiger partial charge in [-0.1, -0.05) is 12.1 Å². The van der Waals surface area contributed by atoms with Crippen molar-refractivity contribution < 1.29 is 13.9 Å². The quantitative estimate of drug-likeness (QED) is 0.787. The van der Waals surface area contributed by atoms with Gasteiger partial charge in [0.15, 0.2) is 11.6 Å². The minimum Gasteiger partial charge on any atom is -0.490 e. The lowest BCUT2D eigenvalue weighted by Crippen LogP contribution is -2.54. The molecule has 5 heteroatoms. The number of nitrogens with one attached hydrogen (secondary N) is 1. The molecule has 1 aliphatic rings. The third-order valence-electron chi connectivity index (χ3n) is 3.34. The maximum atomic E-state index is 13.4. The van der Waals surface area contributed by atoms with Crippen LogP contribution < -0.4 is 15.8 Å². The van der Waals surface area contributed by atoms with E-state index in [9.17, 15) is 9.18 Å². The summed E-state index contributed by atoms with van der Waals surface area (Å²) in [6.45, 7) is 2.00. The summed E-state index contributed by atoms with van der Waals surface area (Å²) in [5.41, 5.74) is 4.63. The van der Waals surface area contributed by atoms with Crippen LogP contribution in [0.15, 0.2) is 24.3 Å². The third-order valence-corrected chi connectivity index (χ3v) is 3.34. The van der Waals surface area contributed by atoms with E-state index in [0.29, 0.717) is 12.5 Å². The maximum Gasteiger partial charge on any atom is 0.237 e. The number of hydrogen-bond donors (Lipinski definition) is 2. The number of benzene rings is 1. The van der Waals surface area contributed by atoms with E-state index >= 15 is 0 Å². The second-order valence-electron chi connectivity index (χ2n) is 5.14. The Morgan fingerprint density at radius 1 is 1.53 bits per heavy atom. The van der Waals surface area contributed by atoms with Crippen molar-refractivity contribution in [3.05, 3.63) is 30.1 Å². The predicted molar refractivity (Wildman–Crippen MR) is 70.3 cm³/mol. The SMILES string of the molecule is CC(CCOc1ccccc1F)(NC1CC1)C(N)=O. The number of primary amides is 1. The van der Waals surface area contributed by atoms with Crippen molar-refractivity contribution in [1.82, 2.24) is 5.32 Å². The Labute approximate surface area is 112 Å². The smallest absolute Gasteiger partial charge is 0.237 e. The van der Waals surface area contributed by atoms with Crippen molar-refractivity contribution in [2.45, 2.75) is 37.8 Å². The van der Waals surface area contributed by atoms with E-state index in [0.717, 1.165) is 12.8 Å². The summed E-state index contributed by atoms with van der Waals surface area (Å²) in [5.74, 6) is -0.615. The van der Waals surface area contributed by atoms with Gasteiger partial charge in [-0.3, -0.25) is 4.79 Å². The van der Waals surface area contributed by atoms with Crippen LogP contribution in [0.4, 0.5) is 4.39 Å². The Morgan fingerprint density at radius 2 is 2.21 bits per heavy atom. The molecule has 1 unspecified atom stereocenters. The molecule has 19 heavy (non-hydrogen) atoms. The summed E-state index contributed by atoms with van der Waals surface area (Å²) in [5, 5.41) is 3.22. The summed E-state index contributed by atoms with van der Waals surface area (Å²) >= 11 is 0. The highest BCUT2D eigenvalue weighted by atomic mass is 19.1. The molecule has 0 aliphatic heterocycles. The van der Waals surface area contributed by atoms with E-state index in [1.54, 1.807) is 25.1 Å². The van der Waals surface area contributed by atoms with Crippen molar-refractivity contribution in [3.8, 4) is 5.75 Å². The van der Waals surface area contributed by atoms with Gasteiger partial charge in [-0.25, -0.2) is 4.39 Å². The zero-order chi connectivity index (χ0) is 13.9. The average Bonchev–Trinajstić information content (AvgIpc) is 3.15. The molecule has 104 valence electrons. The van der Waals surface area contributed by atoms with Crippen LogP contribution in [0.5, 0.6) is 5.75 Å². The van der Waals surface area contributed by atoms with Gasteiger partial charge in [0.1, 0.15) is 0 Å². The molecule has 0 heterocycles. The van der Waals surface area contributed by atoms with E-state index < -0.39 is 17.3 Å². The molecule has 1 fully saturated rings. The lowest BCUT2D eigenvalue weighted by atomic mass is 9.97. The monoisotopic (exact) mass is 266 g/mol. The van der Waals surface area contributed by atoms with E-state index in [1.165, 1.54) is 6.07 Å². The van der Waals surface area contributed by atoms with E-state index in [1.807, 2.05) is 0 Å². The van der Waals surface area contributed by atoms with E-state index in [4.69, 9.17) is 10.5 Å². The van der Waals surface area contributed by atoms with Gasteiger partial charge in [-0.2, -0.15) is 0 Å². The van der Waals surface area contributed by atoms with Crippen LogP contribution in [0, 0.1) is 5.82 Å². The Balaban J connectivity index is 1.88. The highest BCUT2D eigenvalue weighted by molar-refractivity contribution is 5.84. The number of nitrogens with two attached hydrogens (primary N) is 1. The van der Waals surface area contributed by atoms with E-state index in [-0.39, 0.29) is 12.4 Å².